The molecular weight excluding hydrogens is 1030 g/mol. The summed E-state index contributed by atoms with van der Waals surface area (Å²) in [6, 6.07) is -3.97. The first-order valence-corrected chi connectivity index (χ1v) is 26.9. The number of hydrogen-bond donors (Lipinski definition) is 14. The number of hydrogen-bond acceptors (Lipinski definition) is 16. The molecule has 1 aromatic rings. The van der Waals surface area contributed by atoms with Gasteiger partial charge >= 0.3 is 11.9 Å². The lowest BCUT2D eigenvalue weighted by atomic mass is 10.00. The number of ether oxygens (including phenoxy) is 1. The van der Waals surface area contributed by atoms with E-state index in [1.807, 2.05) is 0 Å². The molecule has 0 radical (unpaired) electrons. The van der Waals surface area contributed by atoms with Crippen LogP contribution in [-0.2, 0) is 63.9 Å². The number of cyclic esters (lactones) is 1. The summed E-state index contributed by atoms with van der Waals surface area (Å²) in [5.41, 5.74) is 17.9. The molecule has 0 aliphatic carbocycles. The molecule has 17 N–H and O–H groups in total. The van der Waals surface area contributed by atoms with Crippen LogP contribution in [0.25, 0.3) is 0 Å². The molecule has 0 unspecified atom stereocenters. The van der Waals surface area contributed by atoms with Gasteiger partial charge in [-0.1, -0.05) is 97.2 Å². The molecule has 0 spiro atoms. The number of carboxylic acids is 1. The van der Waals surface area contributed by atoms with Gasteiger partial charge < -0.3 is 80.0 Å². The Bertz CT molecular complexity index is 2260. The van der Waals surface area contributed by atoms with Crippen LogP contribution >= 0.6 is 0 Å². The number of aliphatic carboxylic acids is 1. The second-order valence-corrected chi connectivity index (χ2v) is 20.8. The Morgan fingerprint density at radius 1 is 0.620 bits per heavy atom. The molecule has 0 aromatic heterocycles. The molecule has 1 fully saturated rings. The predicted molar refractivity (Wildman–Crippen MR) is 290 cm³/mol. The van der Waals surface area contributed by atoms with Gasteiger partial charge in [-0.15, -0.1) is 0 Å². The number of unbranched alkanes of at least 4 members (excludes halogenated alkanes) is 2. The summed E-state index contributed by atoms with van der Waals surface area (Å²) in [6.45, 7) is 12.1. The van der Waals surface area contributed by atoms with Crippen LogP contribution in [0.5, 0.6) is 0 Å². The number of carbonyl (C=O) groups excluding carboxylic acids is 10. The van der Waals surface area contributed by atoms with Crippen molar-refractivity contribution in [3.05, 3.63) is 47.7 Å². The van der Waals surface area contributed by atoms with E-state index in [9.17, 15) is 63.0 Å². The summed E-state index contributed by atoms with van der Waals surface area (Å²) in [7, 11) is 0. The van der Waals surface area contributed by atoms with Gasteiger partial charge in [-0.2, -0.15) is 0 Å². The number of allylic oxidation sites excluding steroid dienone is 1. The van der Waals surface area contributed by atoms with E-state index in [1.165, 1.54) is 13.0 Å². The first-order valence-electron chi connectivity index (χ1n) is 26.9. The molecule has 442 valence electrons. The van der Waals surface area contributed by atoms with E-state index in [4.69, 9.17) is 21.9 Å². The number of benzene rings is 1. The van der Waals surface area contributed by atoms with Crippen LogP contribution in [0, 0.1) is 17.8 Å². The third-order valence-electron chi connectivity index (χ3n) is 12.7. The lowest BCUT2D eigenvalue weighted by Gasteiger charge is -2.28. The van der Waals surface area contributed by atoms with E-state index in [1.54, 1.807) is 58.0 Å². The highest BCUT2D eigenvalue weighted by atomic mass is 16.5. The number of aliphatic hydroxyl groups excluding tert-OH is 1. The first kappa shape index (κ1) is 68.1. The molecule has 1 aliphatic rings. The molecule has 2 rings (SSSR count). The van der Waals surface area contributed by atoms with Crippen molar-refractivity contribution in [3.63, 3.8) is 0 Å². The topological polar surface area (TPSA) is 424 Å². The lowest BCUT2D eigenvalue weighted by molar-refractivity contribution is -0.157. The number of nitrogens with one attached hydrogen (secondary N) is 9. The quantitative estimate of drug-likeness (QED) is 0.0424. The zero-order valence-corrected chi connectivity index (χ0v) is 46.7. The largest absolute Gasteiger partial charge is 0.481 e. The Morgan fingerprint density at radius 2 is 1.16 bits per heavy atom. The van der Waals surface area contributed by atoms with Crippen molar-refractivity contribution in [2.45, 2.75) is 180 Å². The molecule has 1 heterocycles. The van der Waals surface area contributed by atoms with Crippen molar-refractivity contribution in [1.82, 2.24) is 47.9 Å². The van der Waals surface area contributed by atoms with Gasteiger partial charge in [0.25, 0.3) is 5.91 Å². The average Bonchev–Trinajstić information content (AvgIpc) is 3.38. The fourth-order valence-corrected chi connectivity index (χ4v) is 8.27. The monoisotopic (exact) mass is 1110 g/mol. The van der Waals surface area contributed by atoms with Gasteiger partial charge in [-0.05, 0) is 69.4 Å². The molecular formula is C53H86N12O14. The number of carbonyl (C=O) groups is 11. The van der Waals surface area contributed by atoms with Crippen LogP contribution in [0.1, 0.15) is 119 Å². The Kier molecular flexibility index (Phi) is 30.0. The number of amides is 9. The van der Waals surface area contributed by atoms with Crippen LogP contribution < -0.4 is 65.1 Å². The molecule has 9 amide bonds. The van der Waals surface area contributed by atoms with E-state index >= 15 is 0 Å². The highest BCUT2D eigenvalue weighted by Crippen LogP contribution is 2.17. The third kappa shape index (κ3) is 24.3. The molecule has 1 aliphatic heterocycles. The van der Waals surface area contributed by atoms with Gasteiger partial charge in [0.05, 0.1) is 18.9 Å². The first-order chi connectivity index (χ1) is 37.2. The maximum Gasteiger partial charge on any atom is 0.329 e. The van der Waals surface area contributed by atoms with Crippen molar-refractivity contribution in [3.8, 4) is 0 Å². The van der Waals surface area contributed by atoms with Crippen LogP contribution in [-0.4, -0.2) is 155 Å². The molecule has 26 nitrogen and oxygen atoms in total. The number of esters is 1. The van der Waals surface area contributed by atoms with Crippen molar-refractivity contribution in [1.29, 1.82) is 0 Å². The van der Waals surface area contributed by atoms with Crippen LogP contribution in [0.4, 0.5) is 0 Å². The normalized spacial score (nSPS) is 25.6. The van der Waals surface area contributed by atoms with Crippen LogP contribution in [0.3, 0.4) is 0 Å². The maximum atomic E-state index is 14.3. The lowest BCUT2D eigenvalue weighted by Crippen LogP contribution is -2.62. The highest BCUT2D eigenvalue weighted by Gasteiger charge is 2.37. The van der Waals surface area contributed by atoms with Crippen LogP contribution in [0.2, 0.25) is 0 Å². The van der Waals surface area contributed by atoms with Crippen molar-refractivity contribution < 1.29 is 67.7 Å². The molecule has 10 atom stereocenters. The van der Waals surface area contributed by atoms with Crippen molar-refractivity contribution in [2.24, 2.45) is 35.0 Å². The van der Waals surface area contributed by atoms with Gasteiger partial charge in [0.2, 0.25) is 47.3 Å². The van der Waals surface area contributed by atoms with E-state index < -0.39 is 163 Å². The summed E-state index contributed by atoms with van der Waals surface area (Å²) in [5, 5.41) is 42.9. The van der Waals surface area contributed by atoms with E-state index in [0.29, 0.717) is 24.3 Å². The van der Waals surface area contributed by atoms with Gasteiger partial charge in [0.15, 0.2) is 0 Å². The van der Waals surface area contributed by atoms with E-state index in [2.05, 4.69) is 61.7 Å². The summed E-state index contributed by atoms with van der Waals surface area (Å²) < 4.78 is 5.78. The number of rotatable bonds is 18. The molecule has 0 bridgehead atoms. The molecule has 26 heteroatoms. The number of carboxylic acid groups (broad SMARTS) is 1. The van der Waals surface area contributed by atoms with Crippen molar-refractivity contribution in [2.75, 3.05) is 19.6 Å². The summed E-state index contributed by atoms with van der Waals surface area (Å²) >= 11 is 0. The third-order valence-corrected chi connectivity index (χ3v) is 12.7. The predicted octanol–water partition coefficient (Wildman–Crippen LogP) is -2.13. The average molecular weight is 1120 g/mol. The summed E-state index contributed by atoms with van der Waals surface area (Å²) in [4.78, 5) is 151. The second kappa shape index (κ2) is 34.8. The molecule has 0 saturated carbocycles. The minimum absolute atomic E-state index is 0.0270. The Hall–Kier alpha value is -7.03. The van der Waals surface area contributed by atoms with E-state index in [0.717, 1.165) is 19.8 Å². The van der Waals surface area contributed by atoms with E-state index in [-0.39, 0.29) is 38.1 Å². The number of aliphatic hydroxyl groups is 1. The van der Waals surface area contributed by atoms with Gasteiger partial charge in [0.1, 0.15) is 60.1 Å². The number of nitrogens with two attached hydrogens (primary N) is 3. The fraction of sp³-hybridized carbons (Fsp3) is 0.642. The minimum atomic E-state index is -1.85. The molecule has 1 saturated heterocycles. The fourth-order valence-electron chi connectivity index (χ4n) is 8.27. The SMILES string of the molecule is C/C=C1/NC(=O)[C@H](CCN)NC(=O)[C@H](CC(C)C)NC(=O)[C@H](CN)NC(=O)C[C@@H](CCCCCC(C)C)OC(=O)[C@H](CC(=O)O)NC(=O)[C@H](C(C)C)NC(=O)[C@@H](Cc2ccccc2)NC(=O)[C@H](CN)NC(=O)[C@H]([C@@H](C)O)NC1=O. The minimum Gasteiger partial charge on any atom is -0.481 e. The second-order valence-electron chi connectivity index (χ2n) is 20.8. The van der Waals surface area contributed by atoms with Crippen molar-refractivity contribution >= 4 is 65.1 Å². The molecule has 1 aromatic carbocycles. The maximum absolute atomic E-state index is 14.3. The zero-order chi connectivity index (χ0) is 59.5. The smallest absolute Gasteiger partial charge is 0.329 e. The van der Waals surface area contributed by atoms with Gasteiger partial charge in [0, 0.05) is 19.5 Å². The Morgan fingerprint density at radius 3 is 1.71 bits per heavy atom. The Balaban J connectivity index is 2.77. The zero-order valence-electron chi connectivity index (χ0n) is 46.7. The van der Waals surface area contributed by atoms with Gasteiger partial charge in [-0.25, -0.2) is 4.79 Å². The van der Waals surface area contributed by atoms with Gasteiger partial charge in [-0.3, -0.25) is 47.9 Å². The summed E-state index contributed by atoms with van der Waals surface area (Å²) in [6.07, 6.45) is -0.576. The van der Waals surface area contributed by atoms with Crippen LogP contribution in [0.15, 0.2) is 42.1 Å². The highest BCUT2D eigenvalue weighted by molar-refractivity contribution is 6.02. The Labute approximate surface area is 461 Å². The standard InChI is InChI=1S/C53H86N12O14/c1-9-34-45(70)65-44(31(8)66)52(77)63-40(27-56)50(75)61-37(23-32-17-13-11-14-18-32)48(73)64-43(30(6)7)51(76)62-38(25-42(68)69)53(78)79-33(19-15-10-12-16-28(2)3)24-41(67)57-39(26-55)49(74)60-36(22-29(4)5)47(72)59-35(20-21-54)46(71)58-34/h9,11,13-14,17-18,28-31,33,35-40,43-44,66H,10,12,15-16,19-27,54-56H2,1-8H3,(H,57,67)(H,58,71)(H,59,72)(H,60,74)(H,61,75)(H,62,76)(H,63,77)(H,64,73)(H,65,70)(H,68,69)/b34-9+/t31-,33-,35+,36+,37-,38+,39+,40+,43+,44+/m1/s1. The summed E-state index contributed by atoms with van der Waals surface area (Å²) in [5.74, 6) is -11.9. The molecule has 79 heavy (non-hydrogen) atoms.